The Bertz CT molecular complexity index is 1140. The largest absolute Gasteiger partial charge is 0.473 e. The Kier molecular flexibility index (Phi) is 9.30. The molecule has 0 aliphatic heterocycles. The Labute approximate surface area is 187 Å². The van der Waals surface area contributed by atoms with Crippen molar-refractivity contribution < 1.29 is 28.2 Å². The second kappa shape index (κ2) is 11.2. The molecule has 0 saturated carbocycles. The fraction of sp³-hybridized carbons (Fsp3) is 0.227. The lowest BCUT2D eigenvalue weighted by atomic mass is 10.2. The van der Waals surface area contributed by atoms with Crippen LogP contribution < -0.4 is 0 Å². The molecule has 0 aliphatic rings. The summed E-state index contributed by atoms with van der Waals surface area (Å²) in [6.45, 7) is 2.49. The quantitative estimate of drug-likeness (QED) is 0.555. The van der Waals surface area contributed by atoms with Gasteiger partial charge in [-0.15, -0.1) is 0 Å². The molecule has 0 amide bonds. The van der Waals surface area contributed by atoms with Gasteiger partial charge in [0.1, 0.15) is 0 Å². The maximum Gasteiger partial charge on any atom is 0.414 e. The molecule has 9 nitrogen and oxygen atoms in total. The van der Waals surface area contributed by atoms with Crippen LogP contribution in [0.25, 0.3) is 11.4 Å². The highest BCUT2D eigenvalue weighted by Gasteiger charge is 2.23. The summed E-state index contributed by atoms with van der Waals surface area (Å²) in [7, 11) is 0.139. The molecule has 10 heteroatoms. The minimum Gasteiger partial charge on any atom is -0.473 e. The highest BCUT2D eigenvalue weighted by Crippen LogP contribution is 2.25. The molecule has 0 aliphatic carbocycles. The van der Waals surface area contributed by atoms with E-state index in [4.69, 9.17) is 19.8 Å². The zero-order valence-electron chi connectivity index (χ0n) is 17.3. The van der Waals surface area contributed by atoms with Gasteiger partial charge in [0.05, 0.1) is 10.6 Å². The number of hydrogen-bond acceptors (Lipinski definition) is 6. The van der Waals surface area contributed by atoms with Crippen LogP contribution in [0, 0.1) is 6.92 Å². The summed E-state index contributed by atoms with van der Waals surface area (Å²) in [6.07, 6.45) is 1.61. The van der Waals surface area contributed by atoms with E-state index in [2.05, 4.69) is 4.98 Å². The molecule has 2 aromatic carbocycles. The number of carboxylic acids is 2. The predicted octanol–water partition coefficient (Wildman–Crippen LogP) is 2.95. The van der Waals surface area contributed by atoms with E-state index in [1.54, 1.807) is 30.5 Å². The summed E-state index contributed by atoms with van der Waals surface area (Å²) in [5.74, 6) is -3.22. The normalized spacial score (nSPS) is 10.6. The van der Waals surface area contributed by atoms with Gasteiger partial charge in [0, 0.05) is 18.3 Å². The lowest BCUT2D eigenvalue weighted by molar-refractivity contribution is -0.159. The van der Waals surface area contributed by atoms with Crippen molar-refractivity contribution in [2.45, 2.75) is 25.8 Å². The monoisotopic (exact) mass is 461 g/mol. The lowest BCUT2D eigenvalue weighted by Gasteiger charge is -2.09. The van der Waals surface area contributed by atoms with Gasteiger partial charge in [0.2, 0.25) is 0 Å². The second-order valence-electron chi connectivity index (χ2n) is 6.88. The maximum absolute atomic E-state index is 13.1. The summed E-state index contributed by atoms with van der Waals surface area (Å²) in [5.41, 5.74) is 2.49. The molecule has 3 aromatic rings. The molecule has 1 aromatic heterocycles. The van der Waals surface area contributed by atoms with Crippen LogP contribution in [0.4, 0.5) is 0 Å². The molecule has 3 rings (SSSR count). The van der Waals surface area contributed by atoms with Gasteiger partial charge in [0.25, 0.3) is 10.0 Å². The Morgan fingerprint density at radius 3 is 1.97 bits per heavy atom. The summed E-state index contributed by atoms with van der Waals surface area (Å²) < 4.78 is 27.6. The third kappa shape index (κ3) is 6.76. The number of benzene rings is 2. The summed E-state index contributed by atoms with van der Waals surface area (Å²) in [6, 6.07) is 16.2. The number of aryl methyl sites for hydroxylation is 1. The van der Waals surface area contributed by atoms with E-state index >= 15 is 0 Å². The van der Waals surface area contributed by atoms with Gasteiger partial charge in [-0.3, -0.25) is 0 Å². The third-order valence-corrected chi connectivity index (χ3v) is 5.66. The van der Waals surface area contributed by atoms with Crippen LogP contribution in [0.2, 0.25) is 0 Å². The van der Waals surface area contributed by atoms with E-state index < -0.39 is 22.0 Å². The Morgan fingerprint density at radius 1 is 0.969 bits per heavy atom. The fourth-order valence-electron chi connectivity index (χ4n) is 2.60. The Hall–Kier alpha value is -3.50. The van der Waals surface area contributed by atoms with E-state index in [9.17, 15) is 8.42 Å². The minimum atomic E-state index is -3.71. The standard InChI is InChI=1S/C19H21N3O2S.C2H2O4.CH4/c1-15-9-11-18(12-10-15)25(23,24)22-14-17(13-21(2)3)20-19(22)16-7-5-4-6-8-16;3-1(4)2(5)6;/h4-12,14H,13H2,1-3H3;(H,3,4)(H,5,6);1H4. The van der Waals surface area contributed by atoms with Gasteiger partial charge < -0.3 is 15.1 Å². The lowest BCUT2D eigenvalue weighted by Crippen LogP contribution is -2.14. The van der Waals surface area contributed by atoms with Crippen molar-refractivity contribution >= 4 is 22.0 Å². The molecule has 0 spiro atoms. The topological polar surface area (TPSA) is 130 Å². The first-order chi connectivity index (χ1) is 14.5. The van der Waals surface area contributed by atoms with Crippen molar-refractivity contribution in [1.29, 1.82) is 0 Å². The molecule has 0 atom stereocenters. The van der Waals surface area contributed by atoms with E-state index in [0.29, 0.717) is 18.1 Å². The molecular formula is C22H27N3O6S. The fourth-order valence-corrected chi connectivity index (χ4v) is 3.94. The number of carboxylic acid groups (broad SMARTS) is 2. The molecule has 1 heterocycles. The molecule has 172 valence electrons. The summed E-state index contributed by atoms with van der Waals surface area (Å²) in [5, 5.41) is 14.8. The van der Waals surface area contributed by atoms with E-state index in [-0.39, 0.29) is 12.3 Å². The van der Waals surface area contributed by atoms with Crippen LogP contribution in [-0.4, -0.2) is 58.5 Å². The van der Waals surface area contributed by atoms with Crippen LogP contribution >= 0.6 is 0 Å². The van der Waals surface area contributed by atoms with Crippen LogP contribution in [0.5, 0.6) is 0 Å². The van der Waals surface area contributed by atoms with Crippen LogP contribution in [0.3, 0.4) is 0 Å². The van der Waals surface area contributed by atoms with Gasteiger partial charge in [0.15, 0.2) is 5.82 Å². The van der Waals surface area contributed by atoms with E-state index in [1.807, 2.05) is 56.3 Å². The van der Waals surface area contributed by atoms with E-state index in [1.165, 1.54) is 3.97 Å². The number of carbonyl (C=O) groups is 2. The number of hydrogen-bond donors (Lipinski definition) is 2. The summed E-state index contributed by atoms with van der Waals surface area (Å²) in [4.78, 5) is 25.0. The molecule has 0 bridgehead atoms. The third-order valence-electron chi connectivity index (χ3n) is 4.00. The maximum atomic E-state index is 13.1. The zero-order valence-corrected chi connectivity index (χ0v) is 18.1. The van der Waals surface area contributed by atoms with Gasteiger partial charge in [-0.2, -0.15) is 0 Å². The molecule has 0 unspecified atom stereocenters. The molecule has 2 N–H and O–H groups in total. The van der Waals surface area contributed by atoms with Crippen molar-refractivity contribution in [3.8, 4) is 11.4 Å². The number of imidazole rings is 1. The van der Waals surface area contributed by atoms with Crippen molar-refractivity contribution in [2.75, 3.05) is 14.1 Å². The predicted molar refractivity (Wildman–Crippen MR) is 121 cm³/mol. The first kappa shape index (κ1) is 26.5. The summed E-state index contributed by atoms with van der Waals surface area (Å²) >= 11 is 0. The number of nitrogens with zero attached hydrogens (tertiary/aromatic N) is 3. The van der Waals surface area contributed by atoms with Gasteiger partial charge in [-0.1, -0.05) is 55.5 Å². The average molecular weight is 462 g/mol. The molecule has 0 fully saturated rings. The van der Waals surface area contributed by atoms with Crippen molar-refractivity contribution in [2.24, 2.45) is 0 Å². The highest BCUT2D eigenvalue weighted by molar-refractivity contribution is 7.90. The Morgan fingerprint density at radius 2 is 1.50 bits per heavy atom. The number of aromatic nitrogens is 2. The van der Waals surface area contributed by atoms with Crippen molar-refractivity contribution in [3.05, 3.63) is 72.1 Å². The van der Waals surface area contributed by atoms with Crippen molar-refractivity contribution in [3.63, 3.8) is 0 Å². The first-order valence-corrected chi connectivity index (χ1v) is 10.5. The molecule has 0 saturated heterocycles. The highest BCUT2D eigenvalue weighted by atomic mass is 32.2. The van der Waals surface area contributed by atoms with Gasteiger partial charge in [-0.25, -0.2) is 27.0 Å². The van der Waals surface area contributed by atoms with Crippen LogP contribution in [0.15, 0.2) is 65.7 Å². The van der Waals surface area contributed by atoms with Gasteiger partial charge >= 0.3 is 11.9 Å². The van der Waals surface area contributed by atoms with E-state index in [0.717, 1.165) is 11.1 Å². The van der Waals surface area contributed by atoms with Crippen molar-refractivity contribution in [1.82, 2.24) is 13.9 Å². The zero-order chi connectivity index (χ0) is 23.2. The van der Waals surface area contributed by atoms with Crippen LogP contribution in [-0.2, 0) is 26.2 Å². The first-order valence-electron chi connectivity index (χ1n) is 9.09. The average Bonchev–Trinajstić information content (AvgIpc) is 3.13. The smallest absolute Gasteiger partial charge is 0.414 e. The molecule has 32 heavy (non-hydrogen) atoms. The number of aliphatic carboxylic acids is 2. The second-order valence-corrected chi connectivity index (χ2v) is 8.70. The molecular weight excluding hydrogens is 434 g/mol. The van der Waals surface area contributed by atoms with Gasteiger partial charge in [-0.05, 0) is 33.2 Å². The minimum absolute atomic E-state index is 0. The SMILES string of the molecule is C.Cc1ccc(S(=O)(=O)n2cc(CN(C)C)nc2-c2ccccc2)cc1.O=C(O)C(=O)O. The number of rotatable bonds is 5. The van der Waals surface area contributed by atoms with Crippen LogP contribution in [0.1, 0.15) is 18.7 Å². The molecule has 0 radical (unpaired) electrons. The Balaban J connectivity index is 0.000000648.